The Hall–Kier alpha value is -3.06. The Bertz CT molecular complexity index is 1210. The molecule has 0 spiro atoms. The lowest BCUT2D eigenvalue weighted by Crippen LogP contribution is -2.09. The summed E-state index contributed by atoms with van der Waals surface area (Å²) < 4.78 is 0. The lowest BCUT2D eigenvalue weighted by Gasteiger charge is -2.16. The number of carbonyl (C=O) groups is 1. The molecule has 0 fully saturated rings. The third-order valence-electron chi connectivity index (χ3n) is 5.36. The van der Waals surface area contributed by atoms with E-state index in [2.05, 4.69) is 0 Å². The molecule has 2 nitrogen and oxygen atoms in total. The summed E-state index contributed by atoms with van der Waals surface area (Å²) in [7, 11) is -1.76. The van der Waals surface area contributed by atoms with Gasteiger partial charge >= 0.3 is 0 Å². The molecule has 1 heterocycles. The molecule has 3 aromatic carbocycles. The molecule has 1 aromatic heterocycles. The van der Waals surface area contributed by atoms with Crippen molar-refractivity contribution in [3.63, 3.8) is 0 Å². The minimum atomic E-state index is -1.76. The van der Waals surface area contributed by atoms with Gasteiger partial charge in [0.25, 0.3) is 0 Å². The van der Waals surface area contributed by atoms with Crippen molar-refractivity contribution in [3.8, 4) is 22.0 Å². The van der Waals surface area contributed by atoms with Crippen LogP contribution in [0.4, 0.5) is 0 Å². The average molecular weight is 410 g/mol. The number of hydrogen-bond donors (Lipinski definition) is 0. The van der Waals surface area contributed by atoms with Gasteiger partial charge in [0.1, 0.15) is 5.80 Å². The minimum Gasteiger partial charge on any atom is -0.626 e. The summed E-state index contributed by atoms with van der Waals surface area (Å²) in [5.41, 5.74) is 6.90. The number of ketones is 1. The molecule has 30 heavy (non-hydrogen) atoms. The smallest absolute Gasteiger partial charge is 0.194 e. The van der Waals surface area contributed by atoms with Crippen molar-refractivity contribution in [1.29, 1.82) is 0 Å². The predicted octanol–water partition coefficient (Wildman–Crippen LogP) is 6.57. The zero-order chi connectivity index (χ0) is 21.3. The molecule has 1 unspecified atom stereocenters. The van der Waals surface area contributed by atoms with Crippen LogP contribution >= 0.6 is 7.76 Å². The van der Waals surface area contributed by atoms with Gasteiger partial charge in [-0.05, 0) is 43.5 Å². The molecule has 0 bridgehead atoms. The van der Waals surface area contributed by atoms with Crippen LogP contribution in [0.25, 0.3) is 22.0 Å². The fraction of sp³-hybridized carbons (Fsp3) is 0.111. The third kappa shape index (κ3) is 3.73. The lowest BCUT2D eigenvalue weighted by atomic mass is 9.89. The maximum Gasteiger partial charge on any atom is 0.194 e. The van der Waals surface area contributed by atoms with E-state index in [4.69, 9.17) is 0 Å². The fourth-order valence-corrected chi connectivity index (χ4v) is 5.47. The van der Waals surface area contributed by atoms with E-state index in [9.17, 15) is 9.69 Å². The van der Waals surface area contributed by atoms with Crippen LogP contribution in [0.1, 0.15) is 32.6 Å². The summed E-state index contributed by atoms with van der Waals surface area (Å²) in [4.78, 5) is 26.9. The van der Waals surface area contributed by atoms with Gasteiger partial charge in [0, 0.05) is 22.3 Å². The van der Waals surface area contributed by atoms with Gasteiger partial charge in [-0.3, -0.25) is 4.79 Å². The number of aryl methyl sites for hydroxylation is 3. The highest BCUT2D eigenvalue weighted by atomic mass is 31.1. The average Bonchev–Trinajstić information content (AvgIpc) is 2.74. The second-order valence-electron chi connectivity index (χ2n) is 7.61. The molecule has 0 aliphatic carbocycles. The SMILES string of the molecule is Cc1cc(C)c(C(=O)c2cc[p+]([O-])c(-c3ccccc3)c2-c2ccccc2)c(C)c1. The van der Waals surface area contributed by atoms with Gasteiger partial charge in [-0.15, -0.1) is 0 Å². The maximum atomic E-state index is 13.8. The van der Waals surface area contributed by atoms with Crippen LogP contribution in [0.3, 0.4) is 0 Å². The first-order valence-corrected chi connectivity index (χ1v) is 11.3. The van der Waals surface area contributed by atoms with Crippen molar-refractivity contribution in [3.05, 3.63) is 112 Å². The van der Waals surface area contributed by atoms with Crippen LogP contribution in [0.15, 0.2) is 84.7 Å². The molecule has 0 aliphatic heterocycles. The van der Waals surface area contributed by atoms with Gasteiger partial charge < -0.3 is 4.89 Å². The number of rotatable bonds is 4. The Morgan fingerprint density at radius 3 is 1.87 bits per heavy atom. The summed E-state index contributed by atoms with van der Waals surface area (Å²) >= 11 is 0. The highest BCUT2D eigenvalue weighted by Gasteiger charge is 2.26. The van der Waals surface area contributed by atoms with E-state index in [1.807, 2.05) is 93.6 Å². The molecule has 0 aliphatic rings. The second-order valence-corrected chi connectivity index (χ2v) is 9.01. The van der Waals surface area contributed by atoms with Crippen LogP contribution in [-0.4, -0.2) is 5.78 Å². The van der Waals surface area contributed by atoms with E-state index in [0.717, 1.165) is 38.9 Å². The number of benzene rings is 3. The van der Waals surface area contributed by atoms with Crippen molar-refractivity contribution >= 4 is 13.5 Å². The first kappa shape index (κ1) is 20.2. The zero-order valence-corrected chi connectivity index (χ0v) is 18.2. The summed E-state index contributed by atoms with van der Waals surface area (Å²) in [5, 5.41) is 0.713. The first-order chi connectivity index (χ1) is 14.5. The fourth-order valence-electron chi connectivity index (χ4n) is 4.16. The Kier molecular flexibility index (Phi) is 5.63. The highest BCUT2D eigenvalue weighted by molar-refractivity contribution is 7.45. The molecule has 4 aromatic rings. The molecule has 0 saturated carbocycles. The van der Waals surface area contributed by atoms with Crippen LogP contribution in [0.5, 0.6) is 0 Å². The van der Waals surface area contributed by atoms with Crippen LogP contribution in [0, 0.1) is 20.8 Å². The monoisotopic (exact) mass is 410 g/mol. The molecule has 148 valence electrons. The van der Waals surface area contributed by atoms with Crippen molar-refractivity contribution in [2.24, 2.45) is 0 Å². The van der Waals surface area contributed by atoms with Crippen LogP contribution < -0.4 is 4.89 Å². The zero-order valence-electron chi connectivity index (χ0n) is 17.3. The Balaban J connectivity index is 2.04. The standard InChI is InChI=1S/C27H23O2P/c1-18-16-19(2)24(20(3)17-18)26(28)23-14-15-30(29)27(22-12-8-5-9-13-22)25(23)21-10-6-4-7-11-21/h4-17H,1-3H3. The Labute approximate surface area is 178 Å². The van der Waals surface area contributed by atoms with E-state index in [0.29, 0.717) is 10.9 Å². The normalized spacial score (nSPS) is 11.4. The van der Waals surface area contributed by atoms with E-state index < -0.39 is 7.76 Å². The molecule has 0 saturated heterocycles. The van der Waals surface area contributed by atoms with E-state index in [-0.39, 0.29) is 5.78 Å². The van der Waals surface area contributed by atoms with Gasteiger partial charge in [0.2, 0.25) is 0 Å². The Morgan fingerprint density at radius 1 is 0.767 bits per heavy atom. The van der Waals surface area contributed by atoms with E-state index in [1.165, 1.54) is 0 Å². The molecule has 4 rings (SSSR count). The minimum absolute atomic E-state index is 0.0309. The number of carbonyl (C=O) groups excluding carboxylic acids is 1. The van der Waals surface area contributed by atoms with Gasteiger partial charge in [0.15, 0.2) is 11.1 Å². The predicted molar refractivity (Wildman–Crippen MR) is 124 cm³/mol. The molecule has 0 amide bonds. The quantitative estimate of drug-likeness (QED) is 0.357. The Morgan fingerprint density at radius 2 is 1.30 bits per heavy atom. The second kappa shape index (κ2) is 8.36. The largest absolute Gasteiger partial charge is 0.626 e. The number of hydrogen-bond acceptors (Lipinski definition) is 2. The van der Waals surface area contributed by atoms with Crippen molar-refractivity contribution in [2.45, 2.75) is 20.8 Å². The molecule has 0 radical (unpaired) electrons. The van der Waals surface area contributed by atoms with Crippen molar-refractivity contribution in [2.75, 3.05) is 0 Å². The topological polar surface area (TPSA) is 40.1 Å². The van der Waals surface area contributed by atoms with Crippen LogP contribution in [-0.2, 0) is 0 Å². The summed E-state index contributed by atoms with van der Waals surface area (Å²) in [5.74, 6) is 1.63. The van der Waals surface area contributed by atoms with Gasteiger partial charge in [-0.1, -0.05) is 78.4 Å². The maximum absolute atomic E-state index is 13.8. The molecule has 1 atom stereocenters. The molecular formula is C27H23O2P. The van der Waals surface area contributed by atoms with Crippen LogP contribution in [0.2, 0.25) is 0 Å². The summed E-state index contributed by atoms with van der Waals surface area (Å²) in [6.07, 6.45) is 0. The lowest BCUT2D eigenvalue weighted by molar-refractivity contribution is -0.150. The molecule has 0 N–H and O–H groups in total. The van der Waals surface area contributed by atoms with Crippen molar-refractivity contribution < 1.29 is 9.69 Å². The van der Waals surface area contributed by atoms with E-state index in [1.54, 1.807) is 11.9 Å². The summed E-state index contributed by atoms with van der Waals surface area (Å²) in [6.45, 7) is 5.99. The van der Waals surface area contributed by atoms with E-state index >= 15 is 0 Å². The first-order valence-electron chi connectivity index (χ1n) is 9.97. The molecular weight excluding hydrogens is 387 g/mol. The van der Waals surface area contributed by atoms with Gasteiger partial charge in [-0.2, -0.15) is 0 Å². The molecule has 3 heteroatoms. The van der Waals surface area contributed by atoms with Gasteiger partial charge in [-0.25, -0.2) is 0 Å². The summed E-state index contributed by atoms with van der Waals surface area (Å²) in [6, 6.07) is 25.3. The highest BCUT2D eigenvalue weighted by Crippen LogP contribution is 2.45. The third-order valence-corrected chi connectivity index (χ3v) is 6.70. The van der Waals surface area contributed by atoms with Gasteiger partial charge in [0.05, 0.1) is 7.76 Å². The van der Waals surface area contributed by atoms with Crippen molar-refractivity contribution in [1.82, 2.24) is 0 Å².